The average molecular weight is 286 g/mol. The molecule has 0 bridgehead atoms. The minimum absolute atomic E-state index is 0.0821. The molecule has 2 heterocycles. The Morgan fingerprint density at radius 1 is 1.44 bits per heavy atom. The minimum atomic E-state index is -3.31. The number of piperidine rings is 1. The molecule has 1 spiro atoms. The molecule has 18 heavy (non-hydrogen) atoms. The van der Waals surface area contributed by atoms with Gasteiger partial charge in [0.15, 0.2) is 0 Å². The molecule has 0 radical (unpaired) electrons. The van der Waals surface area contributed by atoms with Crippen LogP contribution in [0.15, 0.2) is 21.7 Å². The monoisotopic (exact) mass is 286 g/mol. The Bertz CT molecular complexity index is 506. The lowest BCUT2D eigenvalue weighted by Crippen LogP contribution is -2.59. The second kappa shape index (κ2) is 4.59. The number of hydrogen-bond donors (Lipinski definition) is 2. The van der Waals surface area contributed by atoms with Gasteiger partial charge in [-0.3, -0.25) is 0 Å². The topological polar surface area (TPSA) is 58.2 Å². The van der Waals surface area contributed by atoms with Crippen LogP contribution in [0, 0.1) is 0 Å². The minimum Gasteiger partial charge on any atom is -0.311 e. The van der Waals surface area contributed by atoms with E-state index in [0.29, 0.717) is 4.21 Å². The smallest absolute Gasteiger partial charge is 0.250 e. The van der Waals surface area contributed by atoms with Crippen molar-refractivity contribution >= 4 is 21.4 Å². The van der Waals surface area contributed by atoms with Crippen molar-refractivity contribution in [1.29, 1.82) is 0 Å². The van der Waals surface area contributed by atoms with Gasteiger partial charge in [-0.15, -0.1) is 11.3 Å². The number of hydrogen-bond acceptors (Lipinski definition) is 4. The second-order valence-corrected chi connectivity index (χ2v) is 8.19. The summed E-state index contributed by atoms with van der Waals surface area (Å²) in [7, 11) is -3.31. The van der Waals surface area contributed by atoms with Gasteiger partial charge in [0.1, 0.15) is 4.21 Å². The van der Waals surface area contributed by atoms with Crippen LogP contribution >= 0.6 is 11.3 Å². The van der Waals surface area contributed by atoms with Crippen LogP contribution in [0.2, 0.25) is 0 Å². The fourth-order valence-corrected chi connectivity index (χ4v) is 5.22. The molecule has 1 aliphatic heterocycles. The predicted octanol–water partition coefficient (Wildman–Crippen LogP) is 1.70. The largest absolute Gasteiger partial charge is 0.311 e. The fraction of sp³-hybridized carbons (Fsp3) is 0.667. The summed E-state index contributed by atoms with van der Waals surface area (Å²) in [5.74, 6) is 0. The molecule has 100 valence electrons. The van der Waals surface area contributed by atoms with Crippen LogP contribution < -0.4 is 10.0 Å². The van der Waals surface area contributed by atoms with E-state index in [0.717, 1.165) is 19.4 Å². The van der Waals surface area contributed by atoms with Gasteiger partial charge in [-0.25, -0.2) is 13.1 Å². The highest BCUT2D eigenvalue weighted by atomic mass is 32.2. The van der Waals surface area contributed by atoms with E-state index < -0.39 is 10.0 Å². The van der Waals surface area contributed by atoms with Crippen LogP contribution in [-0.4, -0.2) is 26.5 Å². The maximum absolute atomic E-state index is 12.2. The molecule has 1 aliphatic carbocycles. The summed E-state index contributed by atoms with van der Waals surface area (Å²) >= 11 is 1.27. The summed E-state index contributed by atoms with van der Waals surface area (Å²) in [5, 5.41) is 5.35. The molecule has 2 fully saturated rings. The molecule has 1 saturated heterocycles. The highest BCUT2D eigenvalue weighted by Crippen LogP contribution is 2.38. The molecule has 1 unspecified atom stereocenters. The number of nitrogens with one attached hydrogen (secondary N) is 2. The lowest BCUT2D eigenvalue weighted by atomic mass is 9.70. The van der Waals surface area contributed by atoms with Crippen molar-refractivity contribution in [3.63, 3.8) is 0 Å². The van der Waals surface area contributed by atoms with Gasteiger partial charge < -0.3 is 5.32 Å². The molecule has 0 amide bonds. The summed E-state index contributed by atoms with van der Waals surface area (Å²) in [4.78, 5) is 0. The molecule has 1 saturated carbocycles. The molecule has 6 heteroatoms. The lowest BCUT2D eigenvalue weighted by molar-refractivity contribution is 0.126. The summed E-state index contributed by atoms with van der Waals surface area (Å²) in [6.45, 7) is 0.914. The third kappa shape index (κ3) is 2.34. The van der Waals surface area contributed by atoms with E-state index >= 15 is 0 Å². The molecule has 3 rings (SSSR count). The van der Waals surface area contributed by atoms with Crippen molar-refractivity contribution in [2.45, 2.75) is 47.9 Å². The molecular weight excluding hydrogens is 268 g/mol. The van der Waals surface area contributed by atoms with E-state index in [-0.39, 0.29) is 11.6 Å². The van der Waals surface area contributed by atoms with E-state index in [1.54, 1.807) is 17.5 Å². The van der Waals surface area contributed by atoms with Gasteiger partial charge >= 0.3 is 0 Å². The number of sulfonamides is 1. The van der Waals surface area contributed by atoms with E-state index in [4.69, 9.17) is 0 Å². The van der Waals surface area contributed by atoms with Gasteiger partial charge in [0.25, 0.3) is 0 Å². The van der Waals surface area contributed by atoms with Gasteiger partial charge in [0, 0.05) is 11.6 Å². The van der Waals surface area contributed by atoms with Crippen LogP contribution in [-0.2, 0) is 10.0 Å². The second-order valence-electron chi connectivity index (χ2n) is 5.30. The molecule has 0 aromatic carbocycles. The Morgan fingerprint density at radius 2 is 2.28 bits per heavy atom. The molecule has 2 N–H and O–H groups in total. The zero-order valence-corrected chi connectivity index (χ0v) is 11.8. The van der Waals surface area contributed by atoms with Crippen molar-refractivity contribution in [2.24, 2.45) is 0 Å². The summed E-state index contributed by atoms with van der Waals surface area (Å²) in [6.07, 6.45) is 5.44. The molecule has 1 aromatic heterocycles. The zero-order valence-electron chi connectivity index (χ0n) is 10.2. The molecule has 2 aliphatic rings. The third-order valence-electron chi connectivity index (χ3n) is 4.02. The van der Waals surface area contributed by atoms with E-state index in [1.807, 2.05) is 0 Å². The maximum atomic E-state index is 12.2. The van der Waals surface area contributed by atoms with Gasteiger partial charge in [-0.2, -0.15) is 0 Å². The van der Waals surface area contributed by atoms with Crippen molar-refractivity contribution in [2.75, 3.05) is 6.54 Å². The Labute approximate surface area is 112 Å². The van der Waals surface area contributed by atoms with E-state index in [1.165, 1.54) is 30.6 Å². The lowest BCUT2D eigenvalue weighted by Gasteiger charge is -2.48. The van der Waals surface area contributed by atoms with Crippen LogP contribution in [0.4, 0.5) is 0 Å². The normalized spacial score (nSPS) is 27.0. The Hall–Kier alpha value is -0.430. The number of thiophene rings is 1. The Morgan fingerprint density at radius 3 is 2.89 bits per heavy atom. The molecule has 4 nitrogen and oxygen atoms in total. The SMILES string of the molecule is O=S(=O)(NC1CCNC2(CCC2)C1)c1cccs1. The highest BCUT2D eigenvalue weighted by Gasteiger charge is 2.41. The van der Waals surface area contributed by atoms with Crippen LogP contribution in [0.5, 0.6) is 0 Å². The molecule has 1 aromatic rings. The quantitative estimate of drug-likeness (QED) is 0.889. The first kappa shape index (κ1) is 12.6. The number of rotatable bonds is 3. The first-order valence-corrected chi connectivity index (χ1v) is 8.77. The van der Waals surface area contributed by atoms with Gasteiger partial charge in [-0.1, -0.05) is 6.07 Å². The van der Waals surface area contributed by atoms with Gasteiger partial charge in [0.05, 0.1) is 0 Å². The summed E-state index contributed by atoms with van der Waals surface area (Å²) in [5.41, 5.74) is 0.223. The standard InChI is InChI=1S/C12H18N2O2S2/c15-18(16,11-3-1-8-17-11)14-10-4-7-13-12(9-10)5-2-6-12/h1,3,8,10,13-14H,2,4-7,9H2. The maximum Gasteiger partial charge on any atom is 0.250 e. The first-order chi connectivity index (χ1) is 8.60. The van der Waals surface area contributed by atoms with Gasteiger partial charge in [0.2, 0.25) is 10.0 Å². The third-order valence-corrected chi connectivity index (χ3v) is 6.94. The van der Waals surface area contributed by atoms with Crippen LogP contribution in [0.1, 0.15) is 32.1 Å². The average Bonchev–Trinajstić information content (AvgIpc) is 2.80. The highest BCUT2D eigenvalue weighted by molar-refractivity contribution is 7.91. The van der Waals surface area contributed by atoms with Crippen molar-refractivity contribution in [1.82, 2.24) is 10.0 Å². The molecular formula is C12H18N2O2S2. The van der Waals surface area contributed by atoms with Gasteiger partial charge in [-0.05, 0) is 50.1 Å². The van der Waals surface area contributed by atoms with Crippen LogP contribution in [0.3, 0.4) is 0 Å². The Balaban J connectivity index is 1.69. The predicted molar refractivity (Wildman–Crippen MR) is 72.2 cm³/mol. The fourth-order valence-electron chi connectivity index (χ4n) is 2.94. The van der Waals surface area contributed by atoms with E-state index in [2.05, 4.69) is 10.0 Å². The summed E-state index contributed by atoms with van der Waals surface area (Å²) in [6, 6.07) is 3.51. The van der Waals surface area contributed by atoms with Crippen LogP contribution in [0.25, 0.3) is 0 Å². The van der Waals surface area contributed by atoms with Crippen molar-refractivity contribution in [3.8, 4) is 0 Å². The zero-order chi connectivity index (χ0) is 12.6. The van der Waals surface area contributed by atoms with E-state index in [9.17, 15) is 8.42 Å². The first-order valence-electron chi connectivity index (χ1n) is 6.41. The van der Waals surface area contributed by atoms with Crippen molar-refractivity contribution in [3.05, 3.63) is 17.5 Å². The van der Waals surface area contributed by atoms with Crippen molar-refractivity contribution < 1.29 is 8.42 Å². The molecule has 1 atom stereocenters. The summed E-state index contributed by atoms with van der Waals surface area (Å²) < 4.78 is 27.6. The Kier molecular flexibility index (Phi) is 3.21.